The highest BCUT2D eigenvalue weighted by Crippen LogP contribution is 2.46. The molecule has 3 heterocycles. The Hall–Kier alpha value is -2.71. The van der Waals surface area contributed by atoms with Gasteiger partial charge in [-0.3, -0.25) is 5.32 Å². The largest absolute Gasteiger partial charge is 0.396 e. The van der Waals surface area contributed by atoms with Crippen LogP contribution >= 0.6 is 0 Å². The van der Waals surface area contributed by atoms with E-state index in [-0.39, 0.29) is 11.8 Å². The number of benzene rings is 1. The average Bonchev–Trinajstić information content (AvgIpc) is 3.08. The van der Waals surface area contributed by atoms with E-state index in [1.54, 1.807) is 24.3 Å². The normalized spacial score (nSPS) is 25.9. The summed E-state index contributed by atoms with van der Waals surface area (Å²) < 4.78 is 18.3. The van der Waals surface area contributed by atoms with Crippen molar-refractivity contribution in [3.05, 3.63) is 42.2 Å². The summed E-state index contributed by atoms with van der Waals surface area (Å²) >= 11 is 0. The van der Waals surface area contributed by atoms with Gasteiger partial charge in [-0.05, 0) is 48.2 Å². The van der Waals surface area contributed by atoms with Crippen molar-refractivity contribution in [3.8, 4) is 11.3 Å². The topological polar surface area (TPSA) is 92.5 Å². The van der Waals surface area contributed by atoms with Crippen molar-refractivity contribution in [1.82, 2.24) is 15.2 Å². The van der Waals surface area contributed by atoms with Gasteiger partial charge in [-0.15, -0.1) is 0 Å². The first-order valence-electron chi connectivity index (χ1n) is 9.50. The van der Waals surface area contributed by atoms with Gasteiger partial charge in [-0.2, -0.15) is 0 Å². The maximum Gasteiger partial charge on any atom is 0.323 e. The summed E-state index contributed by atoms with van der Waals surface area (Å²) in [5.41, 5.74) is 7.78. The minimum atomic E-state index is -0.307. The van der Waals surface area contributed by atoms with E-state index in [1.807, 2.05) is 4.90 Å². The second kappa shape index (κ2) is 6.72. The van der Waals surface area contributed by atoms with Gasteiger partial charge in [0.1, 0.15) is 5.82 Å². The molecule has 2 amide bonds. The fraction of sp³-hybridized carbons (Fsp3) is 0.400. The number of hydrogen-bond donors (Lipinski definition) is 3. The Balaban J connectivity index is 1.22. The van der Waals surface area contributed by atoms with Gasteiger partial charge in [0.15, 0.2) is 5.82 Å². The molecule has 28 heavy (non-hydrogen) atoms. The Morgan fingerprint density at radius 1 is 1.14 bits per heavy atom. The van der Waals surface area contributed by atoms with E-state index in [0.29, 0.717) is 41.1 Å². The van der Waals surface area contributed by atoms with Crippen LogP contribution in [-0.4, -0.2) is 54.3 Å². The number of carbonyl (C=O) groups excluding carboxylic acids is 1. The summed E-state index contributed by atoms with van der Waals surface area (Å²) in [6.07, 6.45) is 0. The van der Waals surface area contributed by atoms with Crippen LogP contribution < -0.4 is 16.4 Å². The van der Waals surface area contributed by atoms with Gasteiger partial charge in [0.25, 0.3) is 0 Å². The molecule has 1 unspecified atom stereocenters. The van der Waals surface area contributed by atoms with Crippen molar-refractivity contribution in [2.75, 3.05) is 37.4 Å². The lowest BCUT2D eigenvalue weighted by molar-refractivity contribution is -0.00741. The molecule has 0 spiro atoms. The van der Waals surface area contributed by atoms with Gasteiger partial charge < -0.3 is 20.7 Å². The molecule has 3 aliphatic rings. The maximum atomic E-state index is 13.1. The molecule has 1 saturated carbocycles. The number of rotatable bonds is 4. The third-order valence-corrected chi connectivity index (χ3v) is 5.84. The van der Waals surface area contributed by atoms with E-state index in [1.165, 1.54) is 12.1 Å². The van der Waals surface area contributed by atoms with Gasteiger partial charge in [-0.1, -0.05) is 0 Å². The number of pyridine rings is 1. The highest BCUT2D eigenvalue weighted by atomic mass is 19.1. The molecular formula is C20H22FN5O2. The number of anilines is 2. The van der Waals surface area contributed by atoms with E-state index in [9.17, 15) is 9.18 Å². The maximum absolute atomic E-state index is 13.1. The molecule has 3 fully saturated rings. The van der Waals surface area contributed by atoms with E-state index < -0.39 is 0 Å². The van der Waals surface area contributed by atoms with Gasteiger partial charge >= 0.3 is 6.03 Å². The molecule has 2 saturated heterocycles. The molecule has 7 nitrogen and oxygen atoms in total. The molecule has 0 bridgehead atoms. The number of fused-ring (bicyclic) bond motifs is 1. The zero-order valence-electron chi connectivity index (χ0n) is 15.3. The van der Waals surface area contributed by atoms with Crippen LogP contribution in [0, 0.1) is 17.7 Å². The summed E-state index contributed by atoms with van der Waals surface area (Å²) in [6.45, 7) is 3.05. The van der Waals surface area contributed by atoms with Crippen molar-refractivity contribution < 1.29 is 13.9 Å². The Morgan fingerprint density at radius 3 is 2.50 bits per heavy atom. The number of piperidine rings is 1. The summed E-state index contributed by atoms with van der Waals surface area (Å²) in [4.78, 5) is 18.9. The molecule has 1 aromatic heterocycles. The molecule has 1 aliphatic carbocycles. The van der Waals surface area contributed by atoms with Crippen LogP contribution in [0.3, 0.4) is 0 Å². The molecule has 3 atom stereocenters. The molecule has 146 valence electrons. The molecule has 8 heteroatoms. The first kappa shape index (κ1) is 17.4. The van der Waals surface area contributed by atoms with Gasteiger partial charge in [-0.25, -0.2) is 14.2 Å². The van der Waals surface area contributed by atoms with Crippen LogP contribution in [0.1, 0.15) is 0 Å². The minimum absolute atomic E-state index is 0.187. The van der Waals surface area contributed by atoms with Crippen LogP contribution in [0.25, 0.3) is 11.3 Å². The number of likely N-dealkylation sites (tertiary alicyclic amines) is 1. The SMILES string of the molecule is Nc1ccc(-c2ccc(F)cc2)nc1NC(=O)N1C[C@@H]2C(NC3COC3)[C@@H]2C1. The number of ether oxygens (including phenoxy) is 1. The Bertz CT molecular complexity index is 890. The molecule has 2 aliphatic heterocycles. The Labute approximate surface area is 162 Å². The average molecular weight is 383 g/mol. The predicted octanol–water partition coefficient (Wildman–Crippen LogP) is 1.92. The summed E-state index contributed by atoms with van der Waals surface area (Å²) in [7, 11) is 0. The standard InChI is InChI=1S/C20H22FN5O2/c21-12-3-1-11(2-4-12)17-6-5-16(22)19(24-17)25-20(27)26-7-14-15(8-26)18(14)23-13-9-28-10-13/h1-6,13-15,18,23H,7-10,22H2,(H,24,25,27)/t14-,15+,18?. The monoisotopic (exact) mass is 383 g/mol. The zero-order valence-corrected chi connectivity index (χ0v) is 15.3. The summed E-state index contributed by atoms with van der Waals surface area (Å²) in [5.74, 6) is 1.05. The van der Waals surface area contributed by atoms with E-state index in [2.05, 4.69) is 15.6 Å². The van der Waals surface area contributed by atoms with Crippen LogP contribution in [0.4, 0.5) is 20.7 Å². The number of amides is 2. The van der Waals surface area contributed by atoms with Crippen molar-refractivity contribution >= 4 is 17.5 Å². The smallest absolute Gasteiger partial charge is 0.323 e. The lowest BCUT2D eigenvalue weighted by Crippen LogP contribution is -2.49. The van der Waals surface area contributed by atoms with E-state index >= 15 is 0 Å². The van der Waals surface area contributed by atoms with Crippen LogP contribution in [0.15, 0.2) is 36.4 Å². The van der Waals surface area contributed by atoms with Crippen LogP contribution in [0.2, 0.25) is 0 Å². The van der Waals surface area contributed by atoms with Gasteiger partial charge in [0.05, 0.1) is 30.6 Å². The first-order valence-corrected chi connectivity index (χ1v) is 9.50. The Morgan fingerprint density at radius 2 is 1.86 bits per heavy atom. The molecule has 5 rings (SSSR count). The van der Waals surface area contributed by atoms with Crippen molar-refractivity contribution in [2.24, 2.45) is 11.8 Å². The van der Waals surface area contributed by atoms with Gasteiger partial charge in [0, 0.05) is 24.7 Å². The second-order valence-electron chi connectivity index (χ2n) is 7.73. The molecule has 4 N–H and O–H groups in total. The number of nitrogens with zero attached hydrogens (tertiary/aromatic N) is 2. The second-order valence-corrected chi connectivity index (χ2v) is 7.73. The number of nitrogen functional groups attached to an aromatic ring is 1. The quantitative estimate of drug-likeness (QED) is 0.750. The fourth-order valence-electron chi connectivity index (χ4n) is 4.08. The number of halogens is 1. The van der Waals surface area contributed by atoms with E-state index in [4.69, 9.17) is 10.5 Å². The first-order chi connectivity index (χ1) is 13.6. The number of nitrogens with two attached hydrogens (primary N) is 1. The van der Waals surface area contributed by atoms with Gasteiger partial charge in [0.2, 0.25) is 0 Å². The lowest BCUT2D eigenvalue weighted by atomic mass is 10.1. The highest BCUT2D eigenvalue weighted by molar-refractivity contribution is 5.92. The third-order valence-electron chi connectivity index (χ3n) is 5.84. The number of carbonyl (C=O) groups is 1. The van der Waals surface area contributed by atoms with Crippen LogP contribution in [-0.2, 0) is 4.74 Å². The van der Waals surface area contributed by atoms with Crippen molar-refractivity contribution in [2.45, 2.75) is 12.1 Å². The third kappa shape index (κ3) is 3.18. The van der Waals surface area contributed by atoms with E-state index in [0.717, 1.165) is 31.9 Å². The molecule has 2 aromatic rings. The minimum Gasteiger partial charge on any atom is -0.396 e. The number of aromatic nitrogens is 1. The fourth-order valence-corrected chi connectivity index (χ4v) is 4.08. The Kier molecular flexibility index (Phi) is 4.17. The number of nitrogens with one attached hydrogen (secondary N) is 2. The lowest BCUT2D eigenvalue weighted by Gasteiger charge is -2.29. The number of urea groups is 1. The number of hydrogen-bond acceptors (Lipinski definition) is 5. The predicted molar refractivity (Wildman–Crippen MR) is 103 cm³/mol. The molecular weight excluding hydrogens is 361 g/mol. The van der Waals surface area contributed by atoms with Crippen molar-refractivity contribution in [1.29, 1.82) is 0 Å². The summed E-state index contributed by atoms with van der Waals surface area (Å²) in [5, 5.41) is 6.43. The highest BCUT2D eigenvalue weighted by Gasteiger charge is 2.57. The summed E-state index contributed by atoms with van der Waals surface area (Å²) in [6, 6.07) is 10.3. The van der Waals surface area contributed by atoms with Crippen molar-refractivity contribution in [3.63, 3.8) is 0 Å². The molecule has 0 radical (unpaired) electrons. The van der Waals surface area contributed by atoms with Crippen LogP contribution in [0.5, 0.6) is 0 Å². The molecule has 1 aromatic carbocycles. The zero-order chi connectivity index (χ0) is 19.3.